The first-order valence-electron chi connectivity index (χ1n) is 12.4. The molecule has 8 nitrogen and oxygen atoms in total. The van der Waals surface area contributed by atoms with Crippen LogP contribution in [0.25, 0.3) is 11.3 Å². The molecule has 1 amide bonds. The van der Waals surface area contributed by atoms with Gasteiger partial charge in [-0.2, -0.15) is 0 Å². The highest BCUT2D eigenvalue weighted by molar-refractivity contribution is 6.04. The Balaban J connectivity index is 1.24. The van der Waals surface area contributed by atoms with Crippen molar-refractivity contribution in [2.75, 3.05) is 50.5 Å². The van der Waals surface area contributed by atoms with E-state index >= 15 is 0 Å². The lowest BCUT2D eigenvalue weighted by Crippen LogP contribution is -2.43. The van der Waals surface area contributed by atoms with Crippen LogP contribution >= 0.6 is 0 Å². The van der Waals surface area contributed by atoms with E-state index in [4.69, 9.17) is 4.98 Å². The minimum absolute atomic E-state index is 0.138. The molecule has 1 aliphatic rings. The number of nitrogens with zero attached hydrogens (tertiary/aromatic N) is 6. The molecule has 0 saturated carbocycles. The normalized spacial score (nSPS) is 14.3. The van der Waals surface area contributed by atoms with Gasteiger partial charge in [-0.3, -0.25) is 14.7 Å². The summed E-state index contributed by atoms with van der Waals surface area (Å²) in [5, 5.41) is 3.02. The van der Waals surface area contributed by atoms with E-state index in [9.17, 15) is 4.79 Å². The van der Waals surface area contributed by atoms with Crippen LogP contribution in [0, 0.1) is 0 Å². The van der Waals surface area contributed by atoms with E-state index in [0.29, 0.717) is 17.2 Å². The summed E-state index contributed by atoms with van der Waals surface area (Å²) < 4.78 is 0. The van der Waals surface area contributed by atoms with Crippen molar-refractivity contribution in [3.8, 4) is 11.3 Å². The number of likely N-dealkylation sites (N-methyl/N-ethyl adjacent to an activating group) is 1. The first kappa shape index (κ1) is 24.5. The molecule has 1 saturated heterocycles. The van der Waals surface area contributed by atoms with Crippen LogP contribution in [0.4, 0.5) is 17.3 Å². The molecule has 2 aromatic carbocycles. The maximum absolute atomic E-state index is 12.9. The van der Waals surface area contributed by atoms with Crippen LogP contribution in [-0.4, -0.2) is 70.9 Å². The molecule has 188 valence electrons. The molecule has 0 spiro atoms. The third-order valence-corrected chi connectivity index (χ3v) is 6.61. The van der Waals surface area contributed by atoms with Crippen LogP contribution in [0.15, 0.2) is 85.3 Å². The van der Waals surface area contributed by atoms with E-state index in [1.807, 2.05) is 78.7 Å². The summed E-state index contributed by atoms with van der Waals surface area (Å²) in [6, 6.07) is 21.3. The fraction of sp³-hybridized carbons (Fsp3) is 0.241. The average Bonchev–Trinajstić information content (AvgIpc) is 2.95. The molecule has 0 radical (unpaired) electrons. The number of amides is 1. The van der Waals surface area contributed by atoms with Gasteiger partial charge in [-0.1, -0.05) is 18.2 Å². The van der Waals surface area contributed by atoms with Crippen molar-refractivity contribution in [2.45, 2.75) is 6.54 Å². The molecule has 1 aliphatic heterocycles. The largest absolute Gasteiger partial charge is 0.322 e. The number of hydrogen-bond donors (Lipinski definition) is 1. The number of carbonyl (C=O) groups is 1. The average molecular weight is 494 g/mol. The molecule has 0 unspecified atom stereocenters. The summed E-state index contributed by atoms with van der Waals surface area (Å²) in [4.78, 5) is 32.9. The van der Waals surface area contributed by atoms with Crippen LogP contribution < -0.4 is 10.2 Å². The van der Waals surface area contributed by atoms with Crippen LogP contribution in [-0.2, 0) is 6.54 Å². The van der Waals surface area contributed by atoms with Gasteiger partial charge in [-0.05, 0) is 61.1 Å². The molecule has 5 rings (SSSR count). The van der Waals surface area contributed by atoms with Crippen LogP contribution in [0.1, 0.15) is 15.9 Å². The third-order valence-electron chi connectivity index (χ3n) is 6.61. The van der Waals surface area contributed by atoms with Crippen molar-refractivity contribution in [1.82, 2.24) is 24.8 Å². The second-order valence-electron chi connectivity index (χ2n) is 9.32. The summed E-state index contributed by atoms with van der Waals surface area (Å²) in [5.74, 6) is 0.418. The topological polar surface area (TPSA) is 77.5 Å². The molecule has 0 aliphatic carbocycles. The Bertz CT molecular complexity index is 1340. The molecule has 0 atom stereocenters. The summed E-state index contributed by atoms with van der Waals surface area (Å²) >= 11 is 0. The standard InChI is InChI=1S/C29H31N7O/c1-34-15-17-36(18-16-34)21-22-8-10-23(11-9-22)28(37)32-25-6-3-7-26(19-25)35(2)29-31-14-12-27(33-29)24-5-4-13-30-20-24/h3-14,19-20H,15-18,21H2,1-2H3,(H,32,37). The lowest BCUT2D eigenvalue weighted by Gasteiger charge is -2.32. The van der Waals surface area contributed by atoms with Crippen molar-refractivity contribution in [2.24, 2.45) is 0 Å². The zero-order valence-corrected chi connectivity index (χ0v) is 21.2. The highest BCUT2D eigenvalue weighted by Gasteiger charge is 2.15. The Morgan fingerprint density at radius 3 is 2.54 bits per heavy atom. The second-order valence-corrected chi connectivity index (χ2v) is 9.32. The molecule has 37 heavy (non-hydrogen) atoms. The smallest absolute Gasteiger partial charge is 0.255 e. The van der Waals surface area contributed by atoms with Crippen molar-refractivity contribution in [1.29, 1.82) is 0 Å². The van der Waals surface area contributed by atoms with Gasteiger partial charge in [-0.25, -0.2) is 9.97 Å². The third kappa shape index (κ3) is 6.17. The highest BCUT2D eigenvalue weighted by Crippen LogP contribution is 2.25. The fourth-order valence-electron chi connectivity index (χ4n) is 4.32. The Kier molecular flexibility index (Phi) is 7.49. The number of pyridine rings is 1. The van der Waals surface area contributed by atoms with E-state index in [2.05, 4.69) is 32.1 Å². The van der Waals surface area contributed by atoms with Crippen molar-refractivity contribution in [3.05, 3.63) is 96.4 Å². The summed E-state index contributed by atoms with van der Waals surface area (Å²) in [7, 11) is 4.07. The first-order valence-corrected chi connectivity index (χ1v) is 12.4. The molecule has 1 fully saturated rings. The Labute approximate surface area is 217 Å². The zero-order chi connectivity index (χ0) is 25.6. The zero-order valence-electron chi connectivity index (χ0n) is 21.2. The van der Waals surface area contributed by atoms with Gasteiger partial charge in [0.2, 0.25) is 5.95 Å². The number of piperazine rings is 1. The number of aromatic nitrogens is 3. The lowest BCUT2D eigenvalue weighted by molar-refractivity contribution is 0.102. The highest BCUT2D eigenvalue weighted by atomic mass is 16.1. The molecule has 4 aromatic rings. The van der Waals surface area contributed by atoms with Gasteiger partial charge < -0.3 is 15.1 Å². The van der Waals surface area contributed by atoms with Crippen molar-refractivity contribution < 1.29 is 4.79 Å². The fourth-order valence-corrected chi connectivity index (χ4v) is 4.32. The maximum atomic E-state index is 12.9. The van der Waals surface area contributed by atoms with Crippen LogP contribution in [0.2, 0.25) is 0 Å². The predicted molar refractivity (Wildman–Crippen MR) is 147 cm³/mol. The van der Waals surface area contributed by atoms with Gasteiger partial charge in [0.05, 0.1) is 5.69 Å². The minimum Gasteiger partial charge on any atom is -0.322 e. The molecule has 8 heteroatoms. The van der Waals surface area contributed by atoms with E-state index in [0.717, 1.165) is 49.7 Å². The van der Waals surface area contributed by atoms with Gasteiger partial charge in [-0.15, -0.1) is 0 Å². The number of rotatable bonds is 7. The molecular formula is C29H31N7O. The number of carbonyl (C=O) groups excluding carboxylic acids is 1. The molecule has 0 bridgehead atoms. The van der Waals surface area contributed by atoms with E-state index in [1.165, 1.54) is 5.56 Å². The minimum atomic E-state index is -0.138. The Hall–Kier alpha value is -4.14. The van der Waals surface area contributed by atoms with Gasteiger partial charge in [0.1, 0.15) is 0 Å². The summed E-state index contributed by atoms with van der Waals surface area (Å²) in [6.45, 7) is 5.24. The maximum Gasteiger partial charge on any atom is 0.255 e. The quantitative estimate of drug-likeness (QED) is 0.411. The Morgan fingerprint density at radius 1 is 0.973 bits per heavy atom. The predicted octanol–water partition coefficient (Wildman–Crippen LogP) is 4.31. The summed E-state index contributed by atoms with van der Waals surface area (Å²) in [6.07, 6.45) is 5.25. The SMILES string of the molecule is CN1CCN(Cc2ccc(C(=O)Nc3cccc(N(C)c4nccc(-c5cccnc5)n4)c3)cc2)CC1. The molecular weight excluding hydrogens is 462 g/mol. The number of benzene rings is 2. The number of hydrogen-bond acceptors (Lipinski definition) is 7. The van der Waals surface area contributed by atoms with E-state index < -0.39 is 0 Å². The Morgan fingerprint density at radius 2 is 1.78 bits per heavy atom. The van der Waals surface area contributed by atoms with E-state index in [-0.39, 0.29) is 5.91 Å². The lowest BCUT2D eigenvalue weighted by atomic mass is 10.1. The monoisotopic (exact) mass is 493 g/mol. The van der Waals surface area contributed by atoms with Crippen molar-refractivity contribution in [3.63, 3.8) is 0 Å². The second kappa shape index (κ2) is 11.3. The molecule has 1 N–H and O–H groups in total. The van der Waals surface area contributed by atoms with Gasteiger partial charge in [0.25, 0.3) is 5.91 Å². The number of nitrogens with one attached hydrogen (secondary N) is 1. The number of anilines is 3. The van der Waals surface area contributed by atoms with Gasteiger partial charge in [0, 0.05) is 80.9 Å². The summed E-state index contributed by atoms with van der Waals surface area (Å²) in [5.41, 5.74) is 5.15. The van der Waals surface area contributed by atoms with Crippen molar-refractivity contribution >= 4 is 23.2 Å². The van der Waals surface area contributed by atoms with E-state index in [1.54, 1.807) is 18.6 Å². The van der Waals surface area contributed by atoms with Gasteiger partial charge >= 0.3 is 0 Å². The van der Waals surface area contributed by atoms with Gasteiger partial charge in [0.15, 0.2) is 0 Å². The van der Waals surface area contributed by atoms with Crippen LogP contribution in [0.3, 0.4) is 0 Å². The first-order chi connectivity index (χ1) is 18.0. The van der Waals surface area contributed by atoms with Crippen LogP contribution in [0.5, 0.6) is 0 Å². The molecule has 2 aromatic heterocycles. The molecule has 3 heterocycles.